The lowest BCUT2D eigenvalue weighted by Gasteiger charge is -2.13. The number of benzene rings is 1. The molecule has 0 saturated heterocycles. The molecule has 1 aromatic heterocycles. The van der Waals surface area contributed by atoms with Crippen LogP contribution in [0.3, 0.4) is 0 Å². The van der Waals surface area contributed by atoms with Gasteiger partial charge in [0.15, 0.2) is 0 Å². The number of carbonyl (C=O) groups is 2. The zero-order valence-electron chi connectivity index (χ0n) is 17.2. The van der Waals surface area contributed by atoms with Gasteiger partial charge in [-0.15, -0.1) is 0 Å². The fraction of sp³-hybridized carbons (Fsp3) is 0.286. The summed E-state index contributed by atoms with van der Waals surface area (Å²) in [4.78, 5) is 32.6. The first kappa shape index (κ1) is 21.0. The summed E-state index contributed by atoms with van der Waals surface area (Å²) in [6, 6.07) is 8.30. The minimum Gasteiger partial charge on any atom is -0.494 e. The maximum absolute atomic E-state index is 12.5. The van der Waals surface area contributed by atoms with Gasteiger partial charge in [0.05, 0.1) is 23.6 Å². The Morgan fingerprint density at radius 3 is 2.57 bits per heavy atom. The Morgan fingerprint density at radius 2 is 1.90 bits per heavy atom. The summed E-state index contributed by atoms with van der Waals surface area (Å²) in [6.07, 6.45) is 2.06. The van der Waals surface area contributed by atoms with Gasteiger partial charge >= 0.3 is 6.03 Å². The summed E-state index contributed by atoms with van der Waals surface area (Å²) in [5.41, 5.74) is 1.92. The van der Waals surface area contributed by atoms with Gasteiger partial charge in [-0.25, -0.2) is 9.79 Å². The van der Waals surface area contributed by atoms with Crippen LogP contribution in [0.5, 0.6) is 5.75 Å². The van der Waals surface area contributed by atoms with Crippen LogP contribution in [-0.2, 0) is 4.79 Å². The van der Waals surface area contributed by atoms with Crippen molar-refractivity contribution >= 4 is 35.1 Å². The lowest BCUT2D eigenvalue weighted by molar-refractivity contribution is -0.113. The first-order valence-corrected chi connectivity index (χ1v) is 9.63. The van der Waals surface area contributed by atoms with Crippen LogP contribution in [0.15, 0.2) is 52.5 Å². The van der Waals surface area contributed by atoms with E-state index in [9.17, 15) is 9.59 Å². The number of anilines is 2. The van der Waals surface area contributed by atoms with E-state index in [0.717, 1.165) is 18.6 Å². The molecule has 0 saturated carbocycles. The normalized spacial score (nSPS) is 13.6. The Labute approximate surface area is 174 Å². The number of hydrogen-bond donors (Lipinski definition) is 2. The van der Waals surface area contributed by atoms with Crippen molar-refractivity contribution in [2.45, 2.75) is 33.6 Å². The molecule has 0 fully saturated rings. The first-order chi connectivity index (χ1) is 14.4. The number of nitrogens with zero attached hydrogens (tertiary/aromatic N) is 4. The minimum atomic E-state index is -0.484. The highest BCUT2D eigenvalue weighted by Gasteiger charge is 2.21. The smallest absolute Gasteiger partial charge is 0.324 e. The van der Waals surface area contributed by atoms with E-state index in [-0.39, 0.29) is 11.5 Å². The van der Waals surface area contributed by atoms with Gasteiger partial charge in [0, 0.05) is 11.8 Å². The van der Waals surface area contributed by atoms with Gasteiger partial charge < -0.3 is 10.1 Å². The lowest BCUT2D eigenvalue weighted by atomic mass is 10.2. The number of aromatic nitrogens is 2. The number of aliphatic imine (C=N–C) groups is 2. The number of amides is 3. The fourth-order valence-corrected chi connectivity index (χ4v) is 2.64. The largest absolute Gasteiger partial charge is 0.494 e. The van der Waals surface area contributed by atoms with Crippen LogP contribution in [0, 0.1) is 6.92 Å². The molecule has 9 heteroatoms. The Bertz CT molecular complexity index is 1030. The third-order valence-electron chi connectivity index (χ3n) is 4.31. The summed E-state index contributed by atoms with van der Waals surface area (Å²) in [7, 11) is 0. The topological polar surface area (TPSA) is 110 Å². The number of aryl methyl sites for hydroxylation is 1. The van der Waals surface area contributed by atoms with E-state index in [4.69, 9.17) is 4.74 Å². The molecule has 3 rings (SSSR count). The predicted molar refractivity (Wildman–Crippen MR) is 117 cm³/mol. The van der Waals surface area contributed by atoms with Crippen molar-refractivity contribution < 1.29 is 14.3 Å². The number of unbranched alkanes of at least 4 members (excludes halogenated alkanes) is 1. The molecule has 0 aliphatic carbocycles. The number of carbonyl (C=O) groups excluding carboxylic acids is 2. The zero-order valence-corrected chi connectivity index (χ0v) is 17.2. The quantitative estimate of drug-likeness (QED) is 0.560. The van der Waals surface area contributed by atoms with E-state index in [1.54, 1.807) is 44.2 Å². The molecular formula is C21H24N6O3. The number of rotatable bonds is 6. The van der Waals surface area contributed by atoms with Gasteiger partial charge in [-0.05, 0) is 44.5 Å². The van der Waals surface area contributed by atoms with Crippen LogP contribution in [-0.4, -0.2) is 40.0 Å². The summed E-state index contributed by atoms with van der Waals surface area (Å²) in [6.45, 7) is 9.84. The average molecular weight is 408 g/mol. The van der Waals surface area contributed by atoms with E-state index in [1.165, 1.54) is 4.68 Å². The second-order valence-corrected chi connectivity index (χ2v) is 6.78. The van der Waals surface area contributed by atoms with Gasteiger partial charge in [-0.3, -0.25) is 10.1 Å². The Hall–Kier alpha value is -3.75. The van der Waals surface area contributed by atoms with Crippen LogP contribution in [0.25, 0.3) is 0 Å². The summed E-state index contributed by atoms with van der Waals surface area (Å²) in [5.74, 6) is 0.669. The van der Waals surface area contributed by atoms with E-state index in [2.05, 4.69) is 39.2 Å². The second kappa shape index (κ2) is 9.17. The first-order valence-electron chi connectivity index (χ1n) is 9.63. The molecule has 0 radical (unpaired) electrons. The summed E-state index contributed by atoms with van der Waals surface area (Å²) >= 11 is 0. The standard InChI is InChI=1S/C21H24N6O3/c1-5-6-11-30-17-9-7-16(8-10-17)23-21(29)24-18-12-13(2)26-27(18)20-22-15(4)14(3)19(28)25-20/h7-10,12H,3,5-6,11H2,1-2,4H3,(H2,23,24,29). The Morgan fingerprint density at radius 1 is 1.17 bits per heavy atom. The number of nitrogens with one attached hydrogen (secondary N) is 2. The van der Waals surface area contributed by atoms with Gasteiger partial charge in [0.25, 0.3) is 11.9 Å². The van der Waals surface area contributed by atoms with E-state index >= 15 is 0 Å². The predicted octanol–water partition coefficient (Wildman–Crippen LogP) is 3.78. The van der Waals surface area contributed by atoms with Gasteiger partial charge in [-0.1, -0.05) is 19.9 Å². The minimum absolute atomic E-state index is 0.0712. The highest BCUT2D eigenvalue weighted by molar-refractivity contribution is 6.27. The van der Waals surface area contributed by atoms with Crippen LogP contribution in [0.1, 0.15) is 32.4 Å². The SMILES string of the molecule is C=C1C(=O)N=C(n2nc(C)cc2NC(=O)Nc2ccc(OCCCC)cc2)N=C1C. The van der Waals surface area contributed by atoms with Gasteiger partial charge in [0.1, 0.15) is 11.6 Å². The molecular weight excluding hydrogens is 384 g/mol. The number of ether oxygens (including phenoxy) is 1. The molecule has 1 aromatic carbocycles. The molecule has 30 heavy (non-hydrogen) atoms. The van der Waals surface area contributed by atoms with Crippen LogP contribution < -0.4 is 15.4 Å². The highest BCUT2D eigenvalue weighted by Crippen LogP contribution is 2.18. The van der Waals surface area contributed by atoms with Crippen molar-refractivity contribution in [3.63, 3.8) is 0 Å². The maximum Gasteiger partial charge on any atom is 0.324 e. The molecule has 1 aliphatic heterocycles. The highest BCUT2D eigenvalue weighted by atomic mass is 16.5. The van der Waals surface area contributed by atoms with E-state index in [0.29, 0.717) is 29.5 Å². The molecule has 0 atom stereocenters. The zero-order chi connectivity index (χ0) is 21.7. The molecule has 0 unspecified atom stereocenters. The Balaban J connectivity index is 1.69. The fourth-order valence-electron chi connectivity index (χ4n) is 2.64. The van der Waals surface area contributed by atoms with E-state index in [1.807, 2.05) is 0 Å². The van der Waals surface area contributed by atoms with Crippen molar-refractivity contribution in [2.24, 2.45) is 9.98 Å². The van der Waals surface area contributed by atoms with Crippen molar-refractivity contribution in [1.82, 2.24) is 9.78 Å². The Kier molecular flexibility index (Phi) is 6.41. The van der Waals surface area contributed by atoms with Crippen LogP contribution in [0.2, 0.25) is 0 Å². The molecule has 156 valence electrons. The number of urea groups is 1. The number of hydrogen-bond acceptors (Lipinski definition) is 5. The monoisotopic (exact) mass is 408 g/mol. The molecule has 0 bridgehead atoms. The third kappa shape index (κ3) is 4.99. The average Bonchev–Trinajstić information content (AvgIpc) is 3.07. The van der Waals surface area contributed by atoms with Crippen molar-refractivity contribution in [3.8, 4) is 5.75 Å². The molecule has 9 nitrogen and oxygen atoms in total. The molecule has 2 aromatic rings. The van der Waals surface area contributed by atoms with E-state index < -0.39 is 11.9 Å². The molecule has 0 spiro atoms. The van der Waals surface area contributed by atoms with Crippen LogP contribution in [0.4, 0.5) is 16.3 Å². The second-order valence-electron chi connectivity index (χ2n) is 6.78. The molecule has 2 heterocycles. The summed E-state index contributed by atoms with van der Waals surface area (Å²) in [5, 5.41) is 9.73. The molecule has 3 amide bonds. The third-order valence-corrected chi connectivity index (χ3v) is 4.31. The molecule has 1 aliphatic rings. The van der Waals surface area contributed by atoms with Gasteiger partial charge in [-0.2, -0.15) is 14.8 Å². The van der Waals surface area contributed by atoms with Crippen molar-refractivity contribution in [3.05, 3.63) is 48.2 Å². The van der Waals surface area contributed by atoms with Crippen molar-refractivity contribution in [2.75, 3.05) is 17.2 Å². The van der Waals surface area contributed by atoms with Crippen LogP contribution >= 0.6 is 0 Å². The summed E-state index contributed by atoms with van der Waals surface area (Å²) < 4.78 is 6.93. The lowest BCUT2D eigenvalue weighted by Crippen LogP contribution is -2.26. The van der Waals surface area contributed by atoms with Crippen molar-refractivity contribution in [1.29, 1.82) is 0 Å². The molecule has 2 N–H and O–H groups in total. The van der Waals surface area contributed by atoms with Gasteiger partial charge in [0.2, 0.25) is 0 Å². The maximum atomic E-state index is 12.5.